The molecule has 0 bridgehead atoms. The van der Waals surface area contributed by atoms with Gasteiger partial charge in [-0.15, -0.1) is 0 Å². The Balaban J connectivity index is 2.06. The van der Waals surface area contributed by atoms with Gasteiger partial charge in [0, 0.05) is 21.6 Å². The molecule has 0 saturated carbocycles. The minimum atomic E-state index is 0.0989. The van der Waals surface area contributed by atoms with Gasteiger partial charge in [-0.1, -0.05) is 15.9 Å². The van der Waals surface area contributed by atoms with Gasteiger partial charge in [0.1, 0.15) is 5.75 Å². The van der Waals surface area contributed by atoms with Crippen LogP contribution in [0.25, 0.3) is 10.9 Å². The zero-order chi connectivity index (χ0) is 15.7. The summed E-state index contributed by atoms with van der Waals surface area (Å²) in [6.45, 7) is 2.00. The van der Waals surface area contributed by atoms with E-state index >= 15 is 0 Å². The largest absolute Gasteiger partial charge is 0.497 e. The van der Waals surface area contributed by atoms with Crippen LogP contribution in [0.3, 0.4) is 0 Å². The van der Waals surface area contributed by atoms with E-state index in [1.807, 2.05) is 43.3 Å². The predicted molar refractivity (Wildman–Crippen MR) is 92.6 cm³/mol. The summed E-state index contributed by atoms with van der Waals surface area (Å²) in [5, 5.41) is 11.0. The second-order valence-corrected chi connectivity index (χ2v) is 5.90. The summed E-state index contributed by atoms with van der Waals surface area (Å²) in [6, 6.07) is 11.5. The molecule has 2 aromatic carbocycles. The SMILES string of the molecule is COc1ccc2[nH]c(O)c(C=Nc3ccc(Br)cc3C)c2c1. The van der Waals surface area contributed by atoms with Crippen molar-refractivity contribution in [2.75, 3.05) is 7.11 Å². The van der Waals surface area contributed by atoms with Crippen molar-refractivity contribution in [1.29, 1.82) is 0 Å². The number of methoxy groups -OCH3 is 1. The Hall–Kier alpha value is -2.27. The van der Waals surface area contributed by atoms with Gasteiger partial charge in [-0.3, -0.25) is 4.99 Å². The molecular weight excluding hydrogens is 344 g/mol. The number of aromatic hydroxyl groups is 1. The number of aliphatic imine (C=N–C) groups is 1. The lowest BCUT2D eigenvalue weighted by Gasteiger charge is -2.01. The average Bonchev–Trinajstić information content (AvgIpc) is 2.81. The number of fused-ring (bicyclic) bond motifs is 1. The lowest BCUT2D eigenvalue weighted by Crippen LogP contribution is -1.84. The Morgan fingerprint density at radius 2 is 2.05 bits per heavy atom. The summed E-state index contributed by atoms with van der Waals surface area (Å²) < 4.78 is 6.25. The highest BCUT2D eigenvalue weighted by atomic mass is 79.9. The van der Waals surface area contributed by atoms with Crippen LogP contribution in [-0.4, -0.2) is 23.4 Å². The summed E-state index contributed by atoms with van der Waals surface area (Å²) in [7, 11) is 1.62. The Labute approximate surface area is 136 Å². The molecule has 0 spiro atoms. The number of rotatable bonds is 3. The van der Waals surface area contributed by atoms with E-state index in [1.54, 1.807) is 13.3 Å². The van der Waals surface area contributed by atoms with Gasteiger partial charge in [0.05, 0.1) is 18.4 Å². The fraction of sp³-hybridized carbons (Fsp3) is 0.118. The Bertz CT molecular complexity index is 868. The number of aromatic amines is 1. The lowest BCUT2D eigenvalue weighted by atomic mass is 10.1. The summed E-state index contributed by atoms with van der Waals surface area (Å²) in [5.74, 6) is 0.836. The first-order chi connectivity index (χ1) is 10.6. The van der Waals surface area contributed by atoms with Gasteiger partial charge in [0.2, 0.25) is 0 Å². The van der Waals surface area contributed by atoms with Gasteiger partial charge in [0.25, 0.3) is 0 Å². The number of hydrogen-bond acceptors (Lipinski definition) is 3. The van der Waals surface area contributed by atoms with E-state index in [0.717, 1.165) is 32.4 Å². The molecule has 0 aliphatic carbocycles. The molecule has 2 N–H and O–H groups in total. The third-order valence-electron chi connectivity index (χ3n) is 3.52. The Morgan fingerprint density at radius 1 is 1.23 bits per heavy atom. The van der Waals surface area contributed by atoms with Crippen molar-refractivity contribution in [2.24, 2.45) is 4.99 Å². The number of hydrogen-bond donors (Lipinski definition) is 2. The van der Waals surface area contributed by atoms with E-state index in [1.165, 1.54) is 0 Å². The third kappa shape index (κ3) is 2.72. The minimum absolute atomic E-state index is 0.0989. The van der Waals surface area contributed by atoms with Crippen molar-refractivity contribution in [3.05, 3.63) is 52.0 Å². The van der Waals surface area contributed by atoms with Crippen LogP contribution in [0.4, 0.5) is 5.69 Å². The molecule has 0 radical (unpaired) electrons. The first-order valence-electron chi connectivity index (χ1n) is 6.77. The second kappa shape index (κ2) is 5.85. The van der Waals surface area contributed by atoms with Gasteiger partial charge in [-0.25, -0.2) is 0 Å². The van der Waals surface area contributed by atoms with Crippen LogP contribution in [0.1, 0.15) is 11.1 Å². The fourth-order valence-corrected chi connectivity index (χ4v) is 2.81. The first kappa shape index (κ1) is 14.7. The zero-order valence-corrected chi connectivity index (χ0v) is 13.8. The molecule has 3 aromatic rings. The highest BCUT2D eigenvalue weighted by molar-refractivity contribution is 9.10. The topological polar surface area (TPSA) is 57.6 Å². The van der Waals surface area contributed by atoms with Crippen molar-refractivity contribution in [1.82, 2.24) is 4.98 Å². The van der Waals surface area contributed by atoms with E-state index in [2.05, 4.69) is 25.9 Å². The van der Waals surface area contributed by atoms with Crippen LogP contribution in [-0.2, 0) is 0 Å². The predicted octanol–water partition coefficient (Wildman–Crippen LogP) is 4.70. The molecule has 0 atom stereocenters. The third-order valence-corrected chi connectivity index (χ3v) is 4.01. The van der Waals surface area contributed by atoms with E-state index in [4.69, 9.17) is 4.74 Å². The summed E-state index contributed by atoms with van der Waals surface area (Å²) in [5.41, 5.74) is 3.41. The number of ether oxygens (including phenoxy) is 1. The molecule has 0 saturated heterocycles. The molecule has 4 nitrogen and oxygen atoms in total. The summed E-state index contributed by atoms with van der Waals surface area (Å²) >= 11 is 3.44. The maximum atomic E-state index is 10.1. The van der Waals surface area contributed by atoms with Crippen molar-refractivity contribution < 1.29 is 9.84 Å². The van der Waals surface area contributed by atoms with Crippen LogP contribution in [0.5, 0.6) is 11.6 Å². The van der Waals surface area contributed by atoms with Gasteiger partial charge in [-0.05, 0) is 48.9 Å². The lowest BCUT2D eigenvalue weighted by molar-refractivity contribution is 0.415. The van der Waals surface area contributed by atoms with E-state index in [0.29, 0.717) is 5.56 Å². The van der Waals surface area contributed by atoms with Gasteiger partial charge >= 0.3 is 0 Å². The normalized spacial score (nSPS) is 11.4. The molecule has 0 aliphatic heterocycles. The van der Waals surface area contributed by atoms with Gasteiger partial charge in [0.15, 0.2) is 5.88 Å². The summed E-state index contributed by atoms with van der Waals surface area (Å²) in [6.07, 6.45) is 1.67. The molecule has 1 aromatic heterocycles. The molecule has 1 heterocycles. The molecular formula is C17H15BrN2O2. The van der Waals surface area contributed by atoms with E-state index in [-0.39, 0.29) is 5.88 Å². The number of halogens is 1. The molecule has 0 aliphatic rings. The molecule has 0 fully saturated rings. The maximum Gasteiger partial charge on any atom is 0.198 e. The second-order valence-electron chi connectivity index (χ2n) is 4.99. The molecule has 22 heavy (non-hydrogen) atoms. The quantitative estimate of drug-likeness (QED) is 0.666. The first-order valence-corrected chi connectivity index (χ1v) is 7.56. The van der Waals surface area contributed by atoms with Crippen molar-refractivity contribution in [2.45, 2.75) is 6.92 Å². The van der Waals surface area contributed by atoms with Crippen LogP contribution in [0.2, 0.25) is 0 Å². The minimum Gasteiger partial charge on any atom is -0.497 e. The van der Waals surface area contributed by atoms with Crippen LogP contribution >= 0.6 is 15.9 Å². The summed E-state index contributed by atoms with van der Waals surface area (Å²) in [4.78, 5) is 7.43. The highest BCUT2D eigenvalue weighted by Gasteiger charge is 2.10. The van der Waals surface area contributed by atoms with Gasteiger partial charge in [-0.2, -0.15) is 0 Å². The highest BCUT2D eigenvalue weighted by Crippen LogP contribution is 2.30. The Kier molecular flexibility index (Phi) is 3.90. The monoisotopic (exact) mass is 358 g/mol. The molecule has 0 amide bonds. The van der Waals surface area contributed by atoms with Crippen LogP contribution in [0.15, 0.2) is 45.9 Å². The van der Waals surface area contributed by atoms with E-state index < -0.39 is 0 Å². The Morgan fingerprint density at radius 3 is 2.77 bits per heavy atom. The van der Waals surface area contributed by atoms with Gasteiger partial charge < -0.3 is 14.8 Å². The zero-order valence-electron chi connectivity index (χ0n) is 12.2. The van der Waals surface area contributed by atoms with Crippen molar-refractivity contribution in [3.63, 3.8) is 0 Å². The maximum absolute atomic E-state index is 10.1. The average molecular weight is 359 g/mol. The molecule has 112 valence electrons. The van der Waals surface area contributed by atoms with Crippen molar-refractivity contribution >= 4 is 38.7 Å². The standard InChI is InChI=1S/C17H15BrN2O2/c1-10-7-11(18)3-5-15(10)19-9-14-13-8-12(22-2)4-6-16(13)20-17(14)21/h3-9,20-21H,1-2H3. The molecule has 0 unspecified atom stereocenters. The number of aromatic nitrogens is 1. The number of aryl methyl sites for hydroxylation is 1. The fourth-order valence-electron chi connectivity index (χ4n) is 2.33. The van der Waals surface area contributed by atoms with E-state index in [9.17, 15) is 5.11 Å². The molecule has 5 heteroatoms. The van der Waals surface area contributed by atoms with Crippen molar-refractivity contribution in [3.8, 4) is 11.6 Å². The van der Waals surface area contributed by atoms with Crippen LogP contribution < -0.4 is 4.74 Å². The number of H-pyrrole nitrogens is 1. The number of benzene rings is 2. The number of nitrogens with zero attached hydrogens (tertiary/aromatic N) is 1. The number of nitrogens with one attached hydrogen (secondary N) is 1. The molecule has 3 rings (SSSR count). The van der Waals surface area contributed by atoms with Crippen LogP contribution in [0, 0.1) is 6.92 Å². The smallest absolute Gasteiger partial charge is 0.198 e.